The lowest BCUT2D eigenvalue weighted by atomic mass is 9.97. The van der Waals surface area contributed by atoms with Crippen molar-refractivity contribution in [3.8, 4) is 5.75 Å². The first-order chi connectivity index (χ1) is 12.5. The summed E-state index contributed by atoms with van der Waals surface area (Å²) in [5, 5.41) is 8.75. The summed E-state index contributed by atoms with van der Waals surface area (Å²) in [5.41, 5.74) is 1.88. The first-order valence-corrected chi connectivity index (χ1v) is 8.98. The number of hydrogen-bond donors (Lipinski definition) is 3. The molecule has 0 saturated carbocycles. The van der Waals surface area contributed by atoms with Crippen LogP contribution in [-0.2, 0) is 9.26 Å². The molecule has 3 atom stereocenters. The van der Waals surface area contributed by atoms with Gasteiger partial charge in [-0.15, -0.1) is 0 Å². The molecular weight excluding hydrogens is 360 g/mol. The molecule has 9 nitrogen and oxygen atoms in total. The van der Waals surface area contributed by atoms with Gasteiger partial charge < -0.3 is 14.2 Å². The summed E-state index contributed by atoms with van der Waals surface area (Å²) in [5.74, 6) is 0.517. The molecular formula is C15H17BN3O6P. The van der Waals surface area contributed by atoms with E-state index < -0.39 is 20.5 Å². The summed E-state index contributed by atoms with van der Waals surface area (Å²) in [6.45, 7) is 0.131. The molecule has 0 aliphatic carbocycles. The number of ether oxygens (including phenoxy) is 1. The average molecular weight is 377 g/mol. The summed E-state index contributed by atoms with van der Waals surface area (Å²) in [6.07, 6.45) is 1.99. The quantitative estimate of drug-likeness (QED) is 0.369. The van der Waals surface area contributed by atoms with Crippen LogP contribution in [0, 0.1) is 0 Å². The molecule has 1 aromatic carbocycles. The van der Waals surface area contributed by atoms with Crippen LogP contribution in [0.15, 0.2) is 41.3 Å². The molecule has 11 heteroatoms. The van der Waals surface area contributed by atoms with Crippen LogP contribution in [0.5, 0.6) is 5.75 Å². The first kappa shape index (κ1) is 18.8. The van der Waals surface area contributed by atoms with Gasteiger partial charge in [-0.25, -0.2) is 4.79 Å². The maximum atomic E-state index is 11.9. The Labute approximate surface area is 151 Å². The molecule has 3 unspecified atom stereocenters. The summed E-state index contributed by atoms with van der Waals surface area (Å²) in [4.78, 5) is 25.4. The predicted octanol–water partition coefficient (Wildman–Crippen LogP) is 0.831. The largest absolute Gasteiger partial charge is 0.427 e. The molecule has 0 spiro atoms. The maximum Gasteiger partial charge on any atom is 0.394 e. The van der Waals surface area contributed by atoms with E-state index in [9.17, 15) is 9.69 Å². The number of anilines is 1. The second-order valence-electron chi connectivity index (χ2n) is 5.60. The summed E-state index contributed by atoms with van der Waals surface area (Å²) in [6, 6.07) is 8.05. The summed E-state index contributed by atoms with van der Waals surface area (Å²) in [7, 11) is 3.48. The number of nitrogens with zero attached hydrogens (tertiary/aromatic N) is 2. The highest BCUT2D eigenvalue weighted by Gasteiger charge is 2.28. The van der Waals surface area contributed by atoms with E-state index in [4.69, 9.17) is 26.8 Å². The minimum absolute atomic E-state index is 0.0647. The molecule has 3 N–H and O–H groups in total. The van der Waals surface area contributed by atoms with E-state index in [1.807, 2.05) is 5.48 Å². The third-order valence-corrected chi connectivity index (χ3v) is 4.51. The fraction of sp³-hybridized carbons (Fsp3) is 0.333. The third kappa shape index (κ3) is 4.81. The fourth-order valence-electron chi connectivity index (χ4n) is 2.50. The molecule has 1 aromatic heterocycles. The van der Waals surface area contributed by atoms with Crippen LogP contribution < -0.4 is 21.2 Å². The van der Waals surface area contributed by atoms with Gasteiger partial charge in [0.15, 0.2) is 5.82 Å². The molecule has 2 heterocycles. The van der Waals surface area contributed by atoms with Crippen molar-refractivity contribution < 1.29 is 23.9 Å². The van der Waals surface area contributed by atoms with Crippen molar-refractivity contribution in [1.29, 1.82) is 0 Å². The Morgan fingerprint density at radius 3 is 2.81 bits per heavy atom. The molecule has 2 radical (unpaired) electrons. The summed E-state index contributed by atoms with van der Waals surface area (Å²) >= 11 is 0. The maximum absolute atomic E-state index is 11.9. The lowest BCUT2D eigenvalue weighted by Crippen LogP contribution is -2.27. The lowest BCUT2D eigenvalue weighted by molar-refractivity contribution is -0.0212. The molecule has 1 aliphatic rings. The average Bonchev–Trinajstić information content (AvgIpc) is 3.10. The zero-order valence-electron chi connectivity index (χ0n) is 13.7. The molecule has 1 aliphatic heterocycles. The van der Waals surface area contributed by atoms with Crippen LogP contribution in [0.4, 0.5) is 5.82 Å². The number of hydrogen-bond acceptors (Lipinski definition) is 8. The molecule has 2 aromatic rings. The number of nitrogens with one attached hydrogen (secondary N) is 1. The van der Waals surface area contributed by atoms with Crippen molar-refractivity contribution in [1.82, 2.24) is 9.55 Å². The second-order valence-corrected chi connectivity index (χ2v) is 6.51. The van der Waals surface area contributed by atoms with Crippen LogP contribution in [0.25, 0.3) is 0 Å². The second kappa shape index (κ2) is 8.61. The monoisotopic (exact) mass is 377 g/mol. The molecule has 1 fully saturated rings. The van der Waals surface area contributed by atoms with Crippen molar-refractivity contribution in [2.75, 3.05) is 12.1 Å². The SMILES string of the molecule is [B]c1ccc(OP(O)OCC2CCC(n3ccc(NO)nc3=O)O2)cc1. The Kier molecular flexibility index (Phi) is 6.23. The Balaban J connectivity index is 1.48. The standard InChI is InChI=1S/C15H17BN3O6P/c16-10-1-3-11(4-2-10)25-26(22)23-9-12-5-6-14(24-12)19-8-7-13(18-21)17-15(19)20/h1-4,7-8,12,14,21-22H,5-6,9H2,(H,17,18,20). The zero-order chi connectivity index (χ0) is 18.5. The van der Waals surface area contributed by atoms with Crippen molar-refractivity contribution in [2.24, 2.45) is 0 Å². The third-order valence-electron chi connectivity index (χ3n) is 3.77. The van der Waals surface area contributed by atoms with E-state index >= 15 is 0 Å². The van der Waals surface area contributed by atoms with Gasteiger partial charge in [0.2, 0.25) is 0 Å². The predicted molar refractivity (Wildman–Crippen MR) is 94.6 cm³/mol. The topological polar surface area (TPSA) is 115 Å². The van der Waals surface area contributed by atoms with Crippen LogP contribution in [-0.4, -0.2) is 40.2 Å². The summed E-state index contributed by atoms with van der Waals surface area (Å²) < 4.78 is 17.7. The highest BCUT2D eigenvalue weighted by Crippen LogP contribution is 2.36. The molecule has 3 rings (SSSR count). The molecule has 1 saturated heterocycles. The van der Waals surface area contributed by atoms with Gasteiger partial charge in [-0.3, -0.25) is 19.8 Å². The minimum atomic E-state index is -2.10. The van der Waals surface area contributed by atoms with Crippen LogP contribution >= 0.6 is 8.60 Å². The van der Waals surface area contributed by atoms with Gasteiger partial charge in [-0.2, -0.15) is 4.98 Å². The number of benzene rings is 1. The van der Waals surface area contributed by atoms with E-state index in [1.165, 1.54) is 16.8 Å². The number of rotatable bonds is 7. The van der Waals surface area contributed by atoms with Gasteiger partial charge in [0.05, 0.1) is 12.7 Å². The van der Waals surface area contributed by atoms with E-state index in [1.54, 1.807) is 24.3 Å². The van der Waals surface area contributed by atoms with Gasteiger partial charge >= 0.3 is 14.3 Å². The highest BCUT2D eigenvalue weighted by molar-refractivity contribution is 7.41. The molecule has 0 bridgehead atoms. The van der Waals surface area contributed by atoms with Gasteiger partial charge in [-0.05, 0) is 31.0 Å². The van der Waals surface area contributed by atoms with Crippen molar-refractivity contribution in [3.05, 3.63) is 47.0 Å². The smallest absolute Gasteiger partial charge is 0.394 e. The Morgan fingerprint density at radius 1 is 1.35 bits per heavy atom. The van der Waals surface area contributed by atoms with Gasteiger partial charge in [0, 0.05) is 6.20 Å². The van der Waals surface area contributed by atoms with Gasteiger partial charge in [-0.1, -0.05) is 17.6 Å². The van der Waals surface area contributed by atoms with E-state index in [0.29, 0.717) is 24.1 Å². The van der Waals surface area contributed by atoms with E-state index in [-0.39, 0.29) is 18.5 Å². The van der Waals surface area contributed by atoms with Crippen molar-refractivity contribution >= 4 is 27.7 Å². The van der Waals surface area contributed by atoms with Gasteiger partial charge in [0.1, 0.15) is 19.8 Å². The Bertz CT molecular complexity index is 790. The van der Waals surface area contributed by atoms with Crippen LogP contribution in [0.1, 0.15) is 19.1 Å². The highest BCUT2D eigenvalue weighted by atomic mass is 31.2. The molecule has 0 amide bonds. The number of aromatic nitrogens is 2. The fourth-order valence-corrected chi connectivity index (χ4v) is 3.15. The van der Waals surface area contributed by atoms with E-state index in [0.717, 1.165) is 0 Å². The first-order valence-electron chi connectivity index (χ1n) is 7.85. The van der Waals surface area contributed by atoms with Gasteiger partial charge in [0.25, 0.3) is 0 Å². The minimum Gasteiger partial charge on any atom is -0.427 e. The van der Waals surface area contributed by atoms with Crippen molar-refractivity contribution in [2.45, 2.75) is 25.2 Å². The van der Waals surface area contributed by atoms with Crippen LogP contribution in [0.2, 0.25) is 0 Å². The Hall–Kier alpha value is -1.97. The van der Waals surface area contributed by atoms with Crippen LogP contribution in [0.3, 0.4) is 0 Å². The molecule has 26 heavy (non-hydrogen) atoms. The zero-order valence-corrected chi connectivity index (χ0v) is 14.6. The van der Waals surface area contributed by atoms with Crippen molar-refractivity contribution in [3.63, 3.8) is 0 Å². The lowest BCUT2D eigenvalue weighted by Gasteiger charge is -2.17. The normalized spacial score (nSPS) is 20.7. The molecule has 136 valence electrons. The van der Waals surface area contributed by atoms with E-state index in [2.05, 4.69) is 4.98 Å². The Morgan fingerprint density at radius 2 is 2.12 bits per heavy atom.